The van der Waals surface area contributed by atoms with Crippen molar-refractivity contribution in [2.45, 2.75) is 42.5 Å². The molecule has 1 aromatic carbocycles. The van der Waals surface area contributed by atoms with E-state index in [1.807, 2.05) is 22.6 Å². The molecule has 2 aromatic rings. The zero-order chi connectivity index (χ0) is 13.9. The minimum absolute atomic E-state index is 0.488. The first kappa shape index (κ1) is 13.7. The van der Waals surface area contributed by atoms with Crippen LogP contribution in [0.3, 0.4) is 0 Å². The number of rotatable bonds is 5. The maximum atomic E-state index is 4.37. The van der Waals surface area contributed by atoms with Crippen LogP contribution < -0.4 is 5.32 Å². The van der Waals surface area contributed by atoms with E-state index in [2.05, 4.69) is 54.8 Å². The average molecular weight is 287 g/mol. The number of aromatic nitrogens is 2. The third kappa shape index (κ3) is 2.76. The third-order valence-corrected chi connectivity index (χ3v) is 5.41. The zero-order valence-corrected chi connectivity index (χ0v) is 12.9. The molecular formula is C16H21N3S. The second kappa shape index (κ2) is 6.02. The van der Waals surface area contributed by atoms with Crippen LogP contribution in [-0.2, 0) is 19.4 Å². The fourth-order valence-electron chi connectivity index (χ4n) is 2.79. The van der Waals surface area contributed by atoms with Crippen molar-refractivity contribution >= 4 is 11.8 Å². The number of likely N-dealkylation sites (N-methyl/N-ethyl adjacent to an activating group) is 1. The van der Waals surface area contributed by atoms with E-state index < -0.39 is 0 Å². The molecule has 4 heteroatoms. The Kier molecular flexibility index (Phi) is 4.13. The number of benzene rings is 1. The summed E-state index contributed by atoms with van der Waals surface area (Å²) in [4.78, 5) is 1.45. The Morgan fingerprint density at radius 1 is 1.45 bits per heavy atom. The standard InChI is InChI=1S/C16H21N3S/c1-3-19-11-12(10-18-19)8-14(17-2)16-9-13-6-4-5-7-15(13)20-16/h4-7,10-11,14,16-17H,3,8-9H2,1-2H3. The third-order valence-electron chi connectivity index (χ3n) is 3.96. The van der Waals surface area contributed by atoms with Crippen LogP contribution in [-0.4, -0.2) is 28.1 Å². The molecule has 3 nitrogen and oxygen atoms in total. The normalized spacial score (nSPS) is 19.0. The molecule has 0 amide bonds. The van der Waals surface area contributed by atoms with Crippen LogP contribution in [0.1, 0.15) is 18.1 Å². The van der Waals surface area contributed by atoms with Crippen LogP contribution in [0.15, 0.2) is 41.6 Å². The summed E-state index contributed by atoms with van der Waals surface area (Å²) in [5.74, 6) is 0. The molecule has 0 saturated carbocycles. The van der Waals surface area contributed by atoms with E-state index >= 15 is 0 Å². The Balaban J connectivity index is 1.69. The molecule has 0 aliphatic carbocycles. The monoisotopic (exact) mass is 287 g/mol. The molecule has 0 spiro atoms. The van der Waals surface area contributed by atoms with Gasteiger partial charge >= 0.3 is 0 Å². The van der Waals surface area contributed by atoms with Crippen molar-refractivity contribution in [3.05, 3.63) is 47.8 Å². The minimum Gasteiger partial charge on any atom is -0.316 e. The molecule has 0 bridgehead atoms. The van der Waals surface area contributed by atoms with Crippen molar-refractivity contribution in [2.24, 2.45) is 0 Å². The van der Waals surface area contributed by atoms with Gasteiger partial charge in [0.25, 0.3) is 0 Å². The molecule has 1 aromatic heterocycles. The van der Waals surface area contributed by atoms with Crippen LogP contribution in [0.4, 0.5) is 0 Å². The van der Waals surface area contributed by atoms with Crippen molar-refractivity contribution in [2.75, 3.05) is 7.05 Å². The Bertz CT molecular complexity index is 554. The van der Waals surface area contributed by atoms with E-state index in [1.165, 1.54) is 16.0 Å². The van der Waals surface area contributed by atoms with Gasteiger partial charge in [-0.1, -0.05) is 18.2 Å². The number of hydrogen-bond acceptors (Lipinski definition) is 3. The highest BCUT2D eigenvalue weighted by Gasteiger charge is 2.28. The molecular weight excluding hydrogens is 266 g/mol. The van der Waals surface area contributed by atoms with Gasteiger partial charge in [0.1, 0.15) is 0 Å². The lowest BCUT2D eigenvalue weighted by Crippen LogP contribution is -2.37. The molecule has 0 radical (unpaired) electrons. The summed E-state index contributed by atoms with van der Waals surface area (Å²) in [7, 11) is 2.07. The summed E-state index contributed by atoms with van der Waals surface area (Å²) in [6.45, 7) is 3.06. The highest BCUT2D eigenvalue weighted by atomic mass is 32.2. The molecule has 1 N–H and O–H groups in total. The van der Waals surface area contributed by atoms with Crippen molar-refractivity contribution in [3.8, 4) is 0 Å². The second-order valence-corrected chi connectivity index (χ2v) is 6.55. The van der Waals surface area contributed by atoms with Crippen LogP contribution in [0, 0.1) is 0 Å². The summed E-state index contributed by atoms with van der Waals surface area (Å²) in [6.07, 6.45) is 6.37. The van der Waals surface area contributed by atoms with E-state index in [9.17, 15) is 0 Å². The second-order valence-electron chi connectivity index (χ2n) is 5.27. The van der Waals surface area contributed by atoms with Gasteiger partial charge in [-0.15, -0.1) is 11.8 Å². The number of hydrogen-bond donors (Lipinski definition) is 1. The van der Waals surface area contributed by atoms with Crippen molar-refractivity contribution < 1.29 is 0 Å². The van der Waals surface area contributed by atoms with Crippen molar-refractivity contribution in [1.82, 2.24) is 15.1 Å². The molecule has 20 heavy (non-hydrogen) atoms. The van der Waals surface area contributed by atoms with Crippen molar-refractivity contribution in [3.63, 3.8) is 0 Å². The first-order chi connectivity index (χ1) is 9.80. The van der Waals surface area contributed by atoms with Gasteiger partial charge in [-0.2, -0.15) is 5.10 Å². The molecule has 2 atom stereocenters. The minimum atomic E-state index is 0.488. The Morgan fingerprint density at radius 3 is 3.00 bits per heavy atom. The van der Waals surface area contributed by atoms with Gasteiger partial charge in [-0.25, -0.2) is 0 Å². The number of nitrogens with one attached hydrogen (secondary N) is 1. The van der Waals surface area contributed by atoms with Crippen LogP contribution in [0.5, 0.6) is 0 Å². The number of nitrogens with zero attached hydrogens (tertiary/aromatic N) is 2. The van der Waals surface area contributed by atoms with E-state index in [4.69, 9.17) is 0 Å². The van der Waals surface area contributed by atoms with Gasteiger partial charge in [-0.3, -0.25) is 4.68 Å². The Labute approximate surface area is 124 Å². The van der Waals surface area contributed by atoms with Gasteiger partial charge in [0.15, 0.2) is 0 Å². The predicted octanol–water partition coefficient (Wildman–Crippen LogP) is 2.75. The molecule has 2 unspecified atom stereocenters. The topological polar surface area (TPSA) is 29.9 Å². The van der Waals surface area contributed by atoms with E-state index in [-0.39, 0.29) is 0 Å². The van der Waals surface area contributed by atoms with Gasteiger partial charge in [0.05, 0.1) is 6.20 Å². The lowest BCUT2D eigenvalue weighted by atomic mass is 10.0. The van der Waals surface area contributed by atoms with Gasteiger partial charge in [-0.05, 0) is 44.0 Å². The molecule has 2 heterocycles. The van der Waals surface area contributed by atoms with Gasteiger partial charge in [0, 0.05) is 28.9 Å². The quantitative estimate of drug-likeness (QED) is 0.917. The van der Waals surface area contributed by atoms with Crippen LogP contribution in [0.2, 0.25) is 0 Å². The summed E-state index contributed by atoms with van der Waals surface area (Å²) in [5.41, 5.74) is 2.81. The largest absolute Gasteiger partial charge is 0.316 e. The van der Waals surface area contributed by atoms with E-state index in [0.717, 1.165) is 19.4 Å². The Morgan fingerprint density at radius 2 is 2.30 bits per heavy atom. The maximum Gasteiger partial charge on any atom is 0.0522 e. The zero-order valence-electron chi connectivity index (χ0n) is 12.0. The number of fused-ring (bicyclic) bond motifs is 1. The highest BCUT2D eigenvalue weighted by Crippen LogP contribution is 2.38. The van der Waals surface area contributed by atoms with Gasteiger partial charge in [0.2, 0.25) is 0 Å². The summed E-state index contributed by atoms with van der Waals surface area (Å²) in [6, 6.07) is 9.25. The SMILES string of the molecule is CCn1cc(CC(NC)C2Cc3ccccc3S2)cn1. The summed E-state index contributed by atoms with van der Waals surface area (Å²) < 4.78 is 2.00. The lowest BCUT2D eigenvalue weighted by Gasteiger charge is -2.21. The number of aryl methyl sites for hydroxylation is 1. The Hall–Kier alpha value is -1.26. The van der Waals surface area contributed by atoms with Crippen molar-refractivity contribution in [1.29, 1.82) is 0 Å². The van der Waals surface area contributed by atoms with Crippen LogP contribution in [0.25, 0.3) is 0 Å². The van der Waals surface area contributed by atoms with E-state index in [1.54, 1.807) is 0 Å². The first-order valence-electron chi connectivity index (χ1n) is 7.23. The summed E-state index contributed by atoms with van der Waals surface area (Å²) in [5, 5.41) is 8.48. The number of thioether (sulfide) groups is 1. The maximum absolute atomic E-state index is 4.37. The molecule has 0 fully saturated rings. The average Bonchev–Trinajstić information content (AvgIpc) is 3.10. The fraction of sp³-hybridized carbons (Fsp3) is 0.438. The first-order valence-corrected chi connectivity index (χ1v) is 8.11. The molecule has 106 valence electrons. The smallest absolute Gasteiger partial charge is 0.0522 e. The fourth-order valence-corrected chi connectivity index (χ4v) is 4.24. The molecule has 1 aliphatic rings. The lowest BCUT2D eigenvalue weighted by molar-refractivity contribution is 0.536. The van der Waals surface area contributed by atoms with E-state index in [0.29, 0.717) is 11.3 Å². The molecule has 3 rings (SSSR count). The van der Waals surface area contributed by atoms with Gasteiger partial charge < -0.3 is 5.32 Å². The predicted molar refractivity (Wildman–Crippen MR) is 84.2 cm³/mol. The summed E-state index contributed by atoms with van der Waals surface area (Å²) >= 11 is 2.01. The highest BCUT2D eigenvalue weighted by molar-refractivity contribution is 8.00. The molecule has 0 saturated heterocycles. The molecule has 1 aliphatic heterocycles. The van der Waals surface area contributed by atoms with Crippen LogP contribution >= 0.6 is 11.8 Å².